The van der Waals surface area contributed by atoms with E-state index in [4.69, 9.17) is 30.2 Å². The molecule has 0 rings (SSSR count). The Morgan fingerprint density at radius 1 is 1.07 bits per heavy atom. The van der Waals surface area contributed by atoms with Crippen LogP contribution in [0.3, 0.4) is 0 Å². The van der Waals surface area contributed by atoms with Gasteiger partial charge in [0.05, 0.1) is 6.61 Å². The Labute approximate surface area is 179 Å². The van der Waals surface area contributed by atoms with Crippen LogP contribution in [0.1, 0.15) is 33.6 Å². The van der Waals surface area contributed by atoms with E-state index >= 15 is 0 Å². The van der Waals surface area contributed by atoms with Gasteiger partial charge in [-0.25, -0.2) is 0 Å². The van der Waals surface area contributed by atoms with Gasteiger partial charge in [0.1, 0.15) is 9.57 Å². The first-order valence-electron chi connectivity index (χ1n) is 9.25. The molecule has 0 N–H and O–H groups in total. The van der Waals surface area contributed by atoms with Crippen LogP contribution < -0.4 is 0 Å². The molecule has 0 spiro atoms. The summed E-state index contributed by atoms with van der Waals surface area (Å²) in [6.07, 6.45) is 1.82. The molecule has 0 heterocycles. The van der Waals surface area contributed by atoms with E-state index in [9.17, 15) is 4.79 Å². The molecule has 0 aromatic heterocycles. The monoisotopic (exact) mass is 457 g/mol. The van der Waals surface area contributed by atoms with E-state index in [-0.39, 0.29) is 11.2 Å². The van der Waals surface area contributed by atoms with Crippen LogP contribution in [0.4, 0.5) is 0 Å². The zero-order valence-electron chi connectivity index (χ0n) is 17.4. The molecule has 1 unspecified atom stereocenters. The van der Waals surface area contributed by atoms with Crippen molar-refractivity contribution in [2.45, 2.75) is 44.9 Å². The maximum absolute atomic E-state index is 12.1. The van der Waals surface area contributed by atoms with Gasteiger partial charge in [-0.05, 0) is 45.1 Å². The van der Waals surface area contributed by atoms with Gasteiger partial charge in [0.25, 0.3) is 0 Å². The number of nitrogens with zero attached hydrogens (tertiary/aromatic N) is 1. The zero-order valence-corrected chi connectivity index (χ0v) is 20.9. The molecular formula is C17H35NO5S3Si. The molecule has 0 amide bonds. The van der Waals surface area contributed by atoms with Crippen LogP contribution in [0.5, 0.6) is 0 Å². The first-order valence-corrected chi connectivity index (χ1v) is 13.6. The lowest BCUT2D eigenvalue weighted by atomic mass is 10.5. The van der Waals surface area contributed by atoms with Gasteiger partial charge in [-0.3, -0.25) is 4.79 Å². The van der Waals surface area contributed by atoms with E-state index in [0.29, 0.717) is 6.61 Å². The molecule has 6 nitrogen and oxygen atoms in total. The summed E-state index contributed by atoms with van der Waals surface area (Å²) in [5, 5.41) is -0.277. The topological polar surface area (TPSA) is 57.2 Å². The summed E-state index contributed by atoms with van der Waals surface area (Å²) in [4.78, 5) is 14.1. The number of hydrogen-bond donors (Lipinski definition) is 0. The normalized spacial score (nSPS) is 12.7. The number of esters is 1. The fraction of sp³-hybridized carbons (Fsp3) is 0.882. The van der Waals surface area contributed by atoms with Crippen LogP contribution in [-0.4, -0.2) is 81.8 Å². The number of thiocarbonyl (C=S) groups is 1. The van der Waals surface area contributed by atoms with Crippen molar-refractivity contribution in [3.63, 3.8) is 0 Å². The minimum Gasteiger partial charge on any atom is -0.465 e. The molecule has 0 aliphatic heterocycles. The Hall–Kier alpha value is 0.157. The molecule has 10 heteroatoms. The third-order valence-corrected chi connectivity index (χ3v) is 9.55. The summed E-state index contributed by atoms with van der Waals surface area (Å²) in [6, 6.07) is 0.805. The van der Waals surface area contributed by atoms with Gasteiger partial charge in [0.2, 0.25) is 0 Å². The summed E-state index contributed by atoms with van der Waals surface area (Å²) in [7, 11) is 2.45. The molecule has 0 aromatic carbocycles. The van der Waals surface area contributed by atoms with Crippen molar-refractivity contribution < 1.29 is 22.8 Å². The van der Waals surface area contributed by atoms with Gasteiger partial charge >= 0.3 is 14.8 Å². The number of thioether (sulfide) groups is 2. The van der Waals surface area contributed by atoms with E-state index in [2.05, 4.69) is 18.7 Å². The van der Waals surface area contributed by atoms with E-state index in [1.807, 2.05) is 18.7 Å². The quantitative estimate of drug-likeness (QED) is 0.159. The highest BCUT2D eigenvalue weighted by Crippen LogP contribution is 2.19. The van der Waals surface area contributed by atoms with Crippen molar-refractivity contribution in [1.29, 1.82) is 0 Å². The summed E-state index contributed by atoms with van der Waals surface area (Å²) in [5.41, 5.74) is 0. The first kappa shape index (κ1) is 27.2. The van der Waals surface area contributed by atoms with Crippen LogP contribution in [-0.2, 0) is 22.8 Å². The van der Waals surface area contributed by atoms with Crippen molar-refractivity contribution in [3.05, 3.63) is 0 Å². The second-order valence-corrected chi connectivity index (χ2v) is 12.0. The number of rotatable bonds is 15. The van der Waals surface area contributed by atoms with Crippen molar-refractivity contribution in [3.8, 4) is 0 Å². The van der Waals surface area contributed by atoms with E-state index in [1.165, 1.54) is 11.8 Å². The van der Waals surface area contributed by atoms with Crippen molar-refractivity contribution in [1.82, 2.24) is 4.90 Å². The van der Waals surface area contributed by atoms with E-state index < -0.39 is 8.80 Å². The van der Waals surface area contributed by atoms with Crippen LogP contribution in [0.25, 0.3) is 0 Å². The predicted octanol–water partition coefficient (Wildman–Crippen LogP) is 3.67. The lowest BCUT2D eigenvalue weighted by molar-refractivity contribution is -0.142. The summed E-state index contributed by atoms with van der Waals surface area (Å²) >= 11 is 8.60. The Kier molecular flexibility index (Phi) is 16.1. The average Bonchev–Trinajstić information content (AvgIpc) is 2.68. The van der Waals surface area contributed by atoms with E-state index in [1.54, 1.807) is 21.3 Å². The Balaban J connectivity index is 3.83. The lowest BCUT2D eigenvalue weighted by Crippen LogP contribution is -2.42. The SMILES string of the molecule is CCN(CC)C(=S)SC(C)C(=O)OCCCSCCC[Si](OC)(OC)OC. The Bertz CT molecular complexity index is 415. The largest absolute Gasteiger partial charge is 0.500 e. The van der Waals surface area contributed by atoms with Crippen LogP contribution in [0.2, 0.25) is 6.04 Å². The second kappa shape index (κ2) is 16.0. The molecule has 1 atom stereocenters. The van der Waals surface area contributed by atoms with Crippen molar-refractivity contribution >= 4 is 54.8 Å². The van der Waals surface area contributed by atoms with Gasteiger partial charge in [0, 0.05) is 40.5 Å². The minimum atomic E-state index is -2.45. The van der Waals surface area contributed by atoms with Gasteiger partial charge in [-0.2, -0.15) is 11.8 Å². The van der Waals surface area contributed by atoms with Crippen molar-refractivity contribution in [2.24, 2.45) is 0 Å². The molecule has 0 aliphatic carbocycles. The molecular weight excluding hydrogens is 422 g/mol. The Morgan fingerprint density at radius 2 is 1.63 bits per heavy atom. The number of hydrogen-bond acceptors (Lipinski definition) is 8. The van der Waals surface area contributed by atoms with Crippen LogP contribution in [0, 0.1) is 0 Å². The standard InChI is InChI=1S/C17H35NO5S3Si/c1-7-18(8-2)17(24)26-15(3)16(19)23-11-9-12-25-13-10-14-27(20-4,21-5)22-6/h15H,7-14H2,1-6H3. The number of ether oxygens (including phenoxy) is 1. The van der Waals surface area contributed by atoms with Crippen molar-refractivity contribution in [2.75, 3.05) is 52.5 Å². The second-order valence-electron chi connectivity index (χ2n) is 5.73. The molecule has 0 saturated heterocycles. The van der Waals surface area contributed by atoms with Gasteiger partial charge in [-0.1, -0.05) is 24.0 Å². The highest BCUT2D eigenvalue weighted by molar-refractivity contribution is 8.23. The average molecular weight is 458 g/mol. The molecule has 0 aromatic rings. The first-order chi connectivity index (χ1) is 12.9. The van der Waals surface area contributed by atoms with Crippen LogP contribution in [0.15, 0.2) is 0 Å². The summed E-state index contributed by atoms with van der Waals surface area (Å²) in [5.74, 6) is 1.76. The van der Waals surface area contributed by atoms with E-state index in [0.717, 1.165) is 47.8 Å². The van der Waals surface area contributed by atoms with Gasteiger partial charge < -0.3 is 22.9 Å². The summed E-state index contributed by atoms with van der Waals surface area (Å²) < 4.78 is 22.3. The maximum atomic E-state index is 12.1. The third-order valence-electron chi connectivity index (χ3n) is 4.01. The fourth-order valence-electron chi connectivity index (χ4n) is 2.26. The molecule has 0 aliphatic rings. The smallest absolute Gasteiger partial charge is 0.465 e. The summed E-state index contributed by atoms with van der Waals surface area (Å²) in [6.45, 7) is 8.10. The number of carbonyl (C=O) groups is 1. The highest BCUT2D eigenvalue weighted by Gasteiger charge is 2.36. The lowest BCUT2D eigenvalue weighted by Gasteiger charge is -2.24. The Morgan fingerprint density at radius 3 is 2.15 bits per heavy atom. The van der Waals surface area contributed by atoms with Gasteiger partial charge in [0.15, 0.2) is 0 Å². The molecule has 0 radical (unpaired) electrons. The number of carbonyl (C=O) groups excluding carboxylic acids is 1. The fourth-order valence-corrected chi connectivity index (χ4v) is 6.67. The highest BCUT2D eigenvalue weighted by atomic mass is 32.2. The third kappa shape index (κ3) is 11.1. The zero-order chi connectivity index (χ0) is 20.7. The molecule has 27 heavy (non-hydrogen) atoms. The molecule has 0 bridgehead atoms. The minimum absolute atomic E-state index is 0.199. The predicted molar refractivity (Wildman–Crippen MR) is 122 cm³/mol. The molecule has 0 fully saturated rings. The molecule has 160 valence electrons. The molecule has 0 saturated carbocycles. The van der Waals surface area contributed by atoms with Gasteiger partial charge in [-0.15, -0.1) is 0 Å². The van der Waals surface area contributed by atoms with Crippen LogP contribution >= 0.6 is 35.7 Å². The maximum Gasteiger partial charge on any atom is 0.500 e.